The molecule has 0 spiro atoms. The van der Waals surface area contributed by atoms with Gasteiger partial charge in [-0.1, -0.05) is 30.7 Å². The van der Waals surface area contributed by atoms with E-state index in [1.807, 2.05) is 24.3 Å². The standard InChI is InChI=1S/C19H28N2O/c1-16-8-3-4-10-18(16)11-12-19(22)20-13-7-15-21-14-6-5-9-17(21)2/h3-4,8,10-12,17H,5-7,9,13-15H2,1-2H3,(H,20,22)/b12-11+/t17-/m0/s1. The average Bonchev–Trinajstić information content (AvgIpc) is 2.52. The zero-order chi connectivity index (χ0) is 15.8. The van der Waals surface area contributed by atoms with Crippen LogP contribution >= 0.6 is 0 Å². The molecular formula is C19H28N2O. The molecule has 1 N–H and O–H groups in total. The lowest BCUT2D eigenvalue weighted by Gasteiger charge is -2.33. The second-order valence-electron chi connectivity index (χ2n) is 6.22. The van der Waals surface area contributed by atoms with Crippen LogP contribution in [-0.4, -0.2) is 36.5 Å². The fourth-order valence-electron chi connectivity index (χ4n) is 2.98. The second-order valence-corrected chi connectivity index (χ2v) is 6.22. The van der Waals surface area contributed by atoms with Crippen LogP contribution in [0.4, 0.5) is 0 Å². The predicted octanol–water partition coefficient (Wildman–Crippen LogP) is 3.39. The van der Waals surface area contributed by atoms with E-state index >= 15 is 0 Å². The smallest absolute Gasteiger partial charge is 0.243 e. The molecule has 1 atom stereocenters. The molecule has 1 amide bonds. The van der Waals surface area contributed by atoms with Gasteiger partial charge in [0.1, 0.15) is 0 Å². The number of benzene rings is 1. The Morgan fingerprint density at radius 2 is 2.18 bits per heavy atom. The maximum Gasteiger partial charge on any atom is 0.243 e. The largest absolute Gasteiger partial charge is 0.353 e. The van der Waals surface area contributed by atoms with Crippen molar-refractivity contribution in [2.24, 2.45) is 0 Å². The number of carbonyl (C=O) groups is 1. The summed E-state index contributed by atoms with van der Waals surface area (Å²) >= 11 is 0. The van der Waals surface area contributed by atoms with Crippen LogP contribution in [0.5, 0.6) is 0 Å². The molecular weight excluding hydrogens is 272 g/mol. The first kappa shape index (κ1) is 16.8. The highest BCUT2D eigenvalue weighted by molar-refractivity contribution is 5.91. The molecule has 1 aromatic carbocycles. The molecule has 0 bridgehead atoms. The van der Waals surface area contributed by atoms with Gasteiger partial charge in [-0.25, -0.2) is 0 Å². The number of piperidine rings is 1. The third kappa shape index (κ3) is 5.30. The number of carbonyl (C=O) groups excluding carboxylic acids is 1. The summed E-state index contributed by atoms with van der Waals surface area (Å²) in [7, 11) is 0. The molecule has 120 valence electrons. The number of likely N-dealkylation sites (tertiary alicyclic amines) is 1. The summed E-state index contributed by atoms with van der Waals surface area (Å²) in [6, 6.07) is 8.78. The van der Waals surface area contributed by atoms with Crippen molar-refractivity contribution < 1.29 is 4.79 Å². The normalized spacial score (nSPS) is 19.5. The van der Waals surface area contributed by atoms with E-state index < -0.39 is 0 Å². The zero-order valence-electron chi connectivity index (χ0n) is 13.8. The van der Waals surface area contributed by atoms with E-state index in [2.05, 4.69) is 30.1 Å². The number of nitrogens with one attached hydrogen (secondary N) is 1. The first-order chi connectivity index (χ1) is 10.7. The highest BCUT2D eigenvalue weighted by Crippen LogP contribution is 2.16. The van der Waals surface area contributed by atoms with Crippen molar-refractivity contribution in [3.63, 3.8) is 0 Å². The number of nitrogens with zero attached hydrogens (tertiary/aromatic N) is 1. The van der Waals surface area contributed by atoms with Gasteiger partial charge in [-0.2, -0.15) is 0 Å². The molecule has 1 aliphatic heterocycles. The Morgan fingerprint density at radius 1 is 1.36 bits per heavy atom. The second kappa shape index (κ2) is 8.74. The summed E-state index contributed by atoms with van der Waals surface area (Å²) in [5.74, 6) is -0.00468. The van der Waals surface area contributed by atoms with Crippen LogP contribution in [0, 0.1) is 6.92 Å². The van der Waals surface area contributed by atoms with Crippen molar-refractivity contribution in [2.45, 2.75) is 45.6 Å². The van der Waals surface area contributed by atoms with E-state index in [1.165, 1.54) is 31.4 Å². The number of hydrogen-bond acceptors (Lipinski definition) is 2. The van der Waals surface area contributed by atoms with Gasteiger partial charge in [0.05, 0.1) is 0 Å². The lowest BCUT2D eigenvalue weighted by atomic mass is 10.0. The van der Waals surface area contributed by atoms with Crippen molar-refractivity contribution in [3.8, 4) is 0 Å². The topological polar surface area (TPSA) is 32.3 Å². The van der Waals surface area contributed by atoms with Crippen LogP contribution in [0.3, 0.4) is 0 Å². The number of rotatable bonds is 6. The molecule has 0 aliphatic carbocycles. The van der Waals surface area contributed by atoms with Crippen molar-refractivity contribution in [2.75, 3.05) is 19.6 Å². The summed E-state index contributed by atoms with van der Waals surface area (Å²) in [4.78, 5) is 14.4. The molecule has 2 rings (SSSR count). The minimum atomic E-state index is -0.00468. The van der Waals surface area contributed by atoms with E-state index in [1.54, 1.807) is 6.08 Å². The number of amides is 1. The van der Waals surface area contributed by atoms with Crippen LogP contribution in [0.2, 0.25) is 0 Å². The van der Waals surface area contributed by atoms with Gasteiger partial charge in [0, 0.05) is 25.2 Å². The summed E-state index contributed by atoms with van der Waals surface area (Å²) in [5, 5.41) is 2.97. The molecule has 0 radical (unpaired) electrons. The lowest BCUT2D eigenvalue weighted by molar-refractivity contribution is -0.116. The molecule has 1 aliphatic rings. The molecule has 3 nitrogen and oxygen atoms in total. The van der Waals surface area contributed by atoms with Crippen LogP contribution in [0.1, 0.15) is 43.7 Å². The molecule has 0 saturated carbocycles. The van der Waals surface area contributed by atoms with Crippen LogP contribution < -0.4 is 5.32 Å². The van der Waals surface area contributed by atoms with Crippen molar-refractivity contribution in [3.05, 3.63) is 41.5 Å². The van der Waals surface area contributed by atoms with Crippen LogP contribution in [0.15, 0.2) is 30.3 Å². The fraction of sp³-hybridized carbons (Fsp3) is 0.526. The van der Waals surface area contributed by atoms with E-state index in [-0.39, 0.29) is 5.91 Å². The molecule has 1 aromatic rings. The maximum atomic E-state index is 11.8. The number of aryl methyl sites for hydroxylation is 1. The Labute approximate surface area is 134 Å². The molecule has 3 heteroatoms. The Kier molecular flexibility index (Phi) is 6.66. The van der Waals surface area contributed by atoms with E-state index in [0.29, 0.717) is 6.04 Å². The van der Waals surface area contributed by atoms with Gasteiger partial charge >= 0.3 is 0 Å². The van der Waals surface area contributed by atoms with Gasteiger partial charge in [-0.05, 0) is 56.9 Å². The highest BCUT2D eigenvalue weighted by atomic mass is 16.1. The first-order valence-corrected chi connectivity index (χ1v) is 8.42. The van der Waals surface area contributed by atoms with E-state index in [0.717, 1.165) is 25.1 Å². The number of hydrogen-bond donors (Lipinski definition) is 1. The predicted molar refractivity (Wildman–Crippen MR) is 92.7 cm³/mol. The van der Waals surface area contributed by atoms with Crippen LogP contribution in [0.25, 0.3) is 6.08 Å². The summed E-state index contributed by atoms with van der Waals surface area (Å²) in [6.07, 6.45) is 8.52. The van der Waals surface area contributed by atoms with Gasteiger partial charge in [0.15, 0.2) is 0 Å². The van der Waals surface area contributed by atoms with Crippen molar-refractivity contribution >= 4 is 12.0 Å². The Bertz CT molecular complexity index is 510. The zero-order valence-corrected chi connectivity index (χ0v) is 13.8. The average molecular weight is 300 g/mol. The molecule has 1 saturated heterocycles. The van der Waals surface area contributed by atoms with Gasteiger partial charge in [-0.15, -0.1) is 0 Å². The van der Waals surface area contributed by atoms with Gasteiger partial charge < -0.3 is 10.2 Å². The van der Waals surface area contributed by atoms with Crippen LogP contribution in [-0.2, 0) is 4.79 Å². The Balaban J connectivity index is 1.66. The molecule has 1 fully saturated rings. The summed E-state index contributed by atoms with van der Waals surface area (Å²) in [5.41, 5.74) is 2.28. The van der Waals surface area contributed by atoms with Gasteiger partial charge in [0.2, 0.25) is 5.91 Å². The molecule has 0 unspecified atom stereocenters. The minimum absolute atomic E-state index is 0.00468. The van der Waals surface area contributed by atoms with E-state index in [4.69, 9.17) is 0 Å². The Morgan fingerprint density at radius 3 is 2.95 bits per heavy atom. The first-order valence-electron chi connectivity index (χ1n) is 8.42. The van der Waals surface area contributed by atoms with Gasteiger partial charge in [-0.3, -0.25) is 4.79 Å². The minimum Gasteiger partial charge on any atom is -0.353 e. The summed E-state index contributed by atoms with van der Waals surface area (Å²) < 4.78 is 0. The third-order valence-electron chi connectivity index (χ3n) is 4.46. The highest BCUT2D eigenvalue weighted by Gasteiger charge is 2.16. The fourth-order valence-corrected chi connectivity index (χ4v) is 2.98. The Hall–Kier alpha value is -1.61. The van der Waals surface area contributed by atoms with E-state index in [9.17, 15) is 4.79 Å². The quantitative estimate of drug-likeness (QED) is 0.645. The monoisotopic (exact) mass is 300 g/mol. The summed E-state index contributed by atoms with van der Waals surface area (Å²) in [6.45, 7) is 7.41. The molecule has 22 heavy (non-hydrogen) atoms. The van der Waals surface area contributed by atoms with Gasteiger partial charge in [0.25, 0.3) is 0 Å². The lowest BCUT2D eigenvalue weighted by Crippen LogP contribution is -2.39. The molecule has 1 heterocycles. The van der Waals surface area contributed by atoms with Crippen molar-refractivity contribution in [1.29, 1.82) is 0 Å². The molecule has 0 aromatic heterocycles. The third-order valence-corrected chi connectivity index (χ3v) is 4.46. The SMILES string of the molecule is Cc1ccccc1/C=C/C(=O)NCCCN1CCCC[C@@H]1C. The maximum absolute atomic E-state index is 11.8. The van der Waals surface area contributed by atoms with Crippen molar-refractivity contribution in [1.82, 2.24) is 10.2 Å².